The minimum Gasteiger partial charge on any atom is -0.335 e. The van der Waals surface area contributed by atoms with Crippen LogP contribution in [0.3, 0.4) is 0 Å². The number of anilines is 1. The number of rotatable bonds is 6. The van der Waals surface area contributed by atoms with E-state index in [1.807, 2.05) is 19.9 Å². The molecule has 1 aliphatic heterocycles. The third kappa shape index (κ3) is 5.42. The summed E-state index contributed by atoms with van der Waals surface area (Å²) in [4.78, 5) is 45.8. The van der Waals surface area contributed by atoms with E-state index >= 15 is 0 Å². The lowest BCUT2D eigenvalue weighted by molar-refractivity contribution is -0.129. The van der Waals surface area contributed by atoms with E-state index in [1.54, 1.807) is 22.1 Å². The van der Waals surface area contributed by atoms with Gasteiger partial charge in [0.15, 0.2) is 5.13 Å². The van der Waals surface area contributed by atoms with Crippen LogP contribution in [0.25, 0.3) is 0 Å². The molecule has 0 radical (unpaired) electrons. The molecule has 1 aliphatic carbocycles. The lowest BCUT2D eigenvalue weighted by atomic mass is 10.1. The zero-order valence-corrected chi connectivity index (χ0v) is 20.9. The highest BCUT2D eigenvalue weighted by molar-refractivity contribution is 8.01. The van der Waals surface area contributed by atoms with Crippen molar-refractivity contribution >= 4 is 57.6 Å². The zero-order chi connectivity index (χ0) is 23.7. The first-order valence-electron chi connectivity index (χ1n) is 10.7. The number of nitrogens with zero attached hydrogens (tertiary/aromatic N) is 3. The Morgan fingerprint density at radius 2 is 2.06 bits per heavy atom. The molecule has 2 fully saturated rings. The van der Waals surface area contributed by atoms with Crippen LogP contribution in [0.4, 0.5) is 5.13 Å². The molecule has 174 valence electrons. The van der Waals surface area contributed by atoms with Crippen molar-refractivity contribution in [2.45, 2.75) is 41.8 Å². The third-order valence-corrected chi connectivity index (χ3v) is 8.25. The highest BCUT2D eigenvalue weighted by atomic mass is 35.5. The van der Waals surface area contributed by atoms with Crippen LogP contribution >= 0.6 is 34.7 Å². The molecule has 1 saturated heterocycles. The van der Waals surface area contributed by atoms with Crippen LogP contribution in [0.2, 0.25) is 5.02 Å². The average molecular weight is 505 g/mol. The molecule has 1 aromatic heterocycles. The Morgan fingerprint density at radius 3 is 2.73 bits per heavy atom. The summed E-state index contributed by atoms with van der Waals surface area (Å²) in [6.07, 6.45) is 4.88. The second-order valence-corrected chi connectivity index (χ2v) is 11.1. The third-order valence-electron chi connectivity index (χ3n) is 5.76. The van der Waals surface area contributed by atoms with Gasteiger partial charge in [0, 0.05) is 42.1 Å². The van der Waals surface area contributed by atoms with Gasteiger partial charge in [-0.2, -0.15) is 0 Å². The predicted octanol–water partition coefficient (Wildman–Crippen LogP) is 4.46. The van der Waals surface area contributed by atoms with E-state index < -0.39 is 0 Å². The van der Waals surface area contributed by atoms with Gasteiger partial charge >= 0.3 is 0 Å². The fraction of sp³-hybridized carbons (Fsp3) is 0.391. The number of aryl methyl sites for hydroxylation is 1. The first-order chi connectivity index (χ1) is 15.8. The van der Waals surface area contributed by atoms with Crippen LogP contribution < -0.4 is 5.32 Å². The highest BCUT2D eigenvalue weighted by Crippen LogP contribution is 2.39. The quantitative estimate of drug-likeness (QED) is 0.587. The molecule has 0 bridgehead atoms. The number of carbonyl (C=O) groups excluding carboxylic acids is 3. The summed E-state index contributed by atoms with van der Waals surface area (Å²) in [7, 11) is 0. The van der Waals surface area contributed by atoms with Crippen LogP contribution in [0.5, 0.6) is 0 Å². The predicted molar refractivity (Wildman–Crippen MR) is 131 cm³/mol. The molecule has 33 heavy (non-hydrogen) atoms. The average Bonchev–Trinajstić information content (AvgIpc) is 3.55. The number of aromatic nitrogens is 1. The summed E-state index contributed by atoms with van der Waals surface area (Å²) in [5.74, 6) is -0.0608. The molecule has 1 aromatic carbocycles. The van der Waals surface area contributed by atoms with Gasteiger partial charge in [0.05, 0.1) is 15.4 Å². The zero-order valence-electron chi connectivity index (χ0n) is 18.5. The molecule has 1 saturated carbocycles. The van der Waals surface area contributed by atoms with Gasteiger partial charge in [-0.25, -0.2) is 4.98 Å². The second kappa shape index (κ2) is 9.87. The Kier molecular flexibility index (Phi) is 7.11. The van der Waals surface area contributed by atoms with E-state index in [4.69, 9.17) is 11.6 Å². The van der Waals surface area contributed by atoms with Crippen LogP contribution in [-0.4, -0.2) is 58.2 Å². The molecule has 2 aromatic rings. The number of amides is 3. The smallest absolute Gasteiger partial charge is 0.254 e. The maximum atomic E-state index is 13.3. The summed E-state index contributed by atoms with van der Waals surface area (Å²) in [5.41, 5.74) is 1.39. The largest absolute Gasteiger partial charge is 0.335 e. The van der Waals surface area contributed by atoms with Crippen LogP contribution in [0, 0.1) is 12.8 Å². The summed E-state index contributed by atoms with van der Waals surface area (Å²) < 4.78 is 0.871. The number of nitrogens with one attached hydrogen (secondary N) is 1. The van der Waals surface area contributed by atoms with Crippen LogP contribution in [-0.2, 0) is 9.59 Å². The van der Waals surface area contributed by atoms with Crippen molar-refractivity contribution in [3.63, 3.8) is 0 Å². The molecular formula is C23H25ClN4O3S2. The molecule has 2 aliphatic rings. The van der Waals surface area contributed by atoms with Gasteiger partial charge in [-0.3, -0.25) is 14.4 Å². The fourth-order valence-corrected chi connectivity index (χ4v) is 5.96. The molecule has 1 unspecified atom stereocenters. The Labute approximate surface area is 206 Å². The summed E-state index contributed by atoms with van der Waals surface area (Å²) in [5, 5.41) is 3.97. The van der Waals surface area contributed by atoms with Crippen molar-refractivity contribution in [1.82, 2.24) is 14.8 Å². The lowest BCUT2D eigenvalue weighted by Crippen LogP contribution is -2.55. The molecule has 2 heterocycles. The minimum absolute atomic E-state index is 0.0197. The molecule has 10 heteroatoms. The van der Waals surface area contributed by atoms with Gasteiger partial charge in [-0.15, -0.1) is 0 Å². The normalized spacial score (nSPS) is 18.2. The molecule has 0 spiro atoms. The van der Waals surface area contributed by atoms with Gasteiger partial charge in [0.1, 0.15) is 0 Å². The van der Waals surface area contributed by atoms with E-state index in [0.717, 1.165) is 27.5 Å². The number of hydrogen-bond acceptors (Lipinski definition) is 6. The SMILES string of the molecule is C=CC(=O)N1CCN(C(=O)c2cc(Sc3cnc(NC(=O)C4CC4)s3)c(Cl)cc2C)CC1C. The minimum atomic E-state index is -0.117. The van der Waals surface area contributed by atoms with Crippen LogP contribution in [0.1, 0.15) is 35.7 Å². The van der Waals surface area contributed by atoms with E-state index in [1.165, 1.54) is 29.2 Å². The first-order valence-corrected chi connectivity index (χ1v) is 12.7. The molecular weight excluding hydrogens is 480 g/mol. The van der Waals surface area contributed by atoms with Crippen molar-refractivity contribution in [1.29, 1.82) is 0 Å². The number of piperazine rings is 1. The Balaban J connectivity index is 1.47. The van der Waals surface area contributed by atoms with E-state index in [9.17, 15) is 14.4 Å². The van der Waals surface area contributed by atoms with E-state index in [2.05, 4.69) is 16.9 Å². The van der Waals surface area contributed by atoms with E-state index in [0.29, 0.717) is 35.4 Å². The topological polar surface area (TPSA) is 82.6 Å². The molecule has 3 amide bonds. The van der Waals surface area contributed by atoms with Gasteiger partial charge < -0.3 is 15.1 Å². The van der Waals surface area contributed by atoms with Gasteiger partial charge in [-0.1, -0.05) is 41.3 Å². The molecule has 7 nitrogen and oxygen atoms in total. The van der Waals surface area contributed by atoms with Crippen molar-refractivity contribution in [3.05, 3.63) is 47.1 Å². The number of halogens is 1. The second-order valence-electron chi connectivity index (χ2n) is 8.28. The van der Waals surface area contributed by atoms with Crippen LogP contribution in [0.15, 0.2) is 40.1 Å². The summed E-state index contributed by atoms with van der Waals surface area (Å²) >= 11 is 9.29. The standard InChI is InChI=1S/C23H25ClN4O3S2/c1-4-19(29)28-8-7-27(12-14(28)3)22(31)16-10-18(17(24)9-13(16)2)32-20-11-25-23(33-20)26-21(30)15-5-6-15/h4,9-11,14-15H,1,5-8,12H2,2-3H3,(H,25,26,30). The summed E-state index contributed by atoms with van der Waals surface area (Å²) in [6, 6.07) is 3.53. The molecule has 1 atom stereocenters. The molecule has 4 rings (SSSR count). The van der Waals surface area contributed by atoms with Crippen molar-refractivity contribution < 1.29 is 14.4 Å². The maximum absolute atomic E-state index is 13.3. The lowest BCUT2D eigenvalue weighted by Gasteiger charge is -2.39. The Hall–Kier alpha value is -2.36. The number of carbonyl (C=O) groups is 3. The Bertz CT molecular complexity index is 1120. The maximum Gasteiger partial charge on any atom is 0.254 e. The van der Waals surface area contributed by atoms with Crippen molar-refractivity contribution in [3.8, 4) is 0 Å². The van der Waals surface area contributed by atoms with Gasteiger partial charge in [0.25, 0.3) is 5.91 Å². The monoisotopic (exact) mass is 504 g/mol. The molecule has 1 N–H and O–H groups in total. The van der Waals surface area contributed by atoms with Gasteiger partial charge in [0.2, 0.25) is 11.8 Å². The number of benzene rings is 1. The van der Waals surface area contributed by atoms with Crippen molar-refractivity contribution in [2.24, 2.45) is 5.92 Å². The first kappa shape index (κ1) is 23.8. The Morgan fingerprint density at radius 1 is 1.30 bits per heavy atom. The van der Waals surface area contributed by atoms with Crippen molar-refractivity contribution in [2.75, 3.05) is 25.0 Å². The van der Waals surface area contributed by atoms with E-state index in [-0.39, 0.29) is 29.7 Å². The fourth-order valence-electron chi connectivity index (χ4n) is 3.74. The number of thiazole rings is 1. The highest BCUT2D eigenvalue weighted by Gasteiger charge is 2.31. The number of hydrogen-bond donors (Lipinski definition) is 1. The summed E-state index contributed by atoms with van der Waals surface area (Å²) in [6.45, 7) is 8.75. The van der Waals surface area contributed by atoms with Gasteiger partial charge in [-0.05, 0) is 50.5 Å².